The maximum Gasteiger partial charge on any atom is 0.404 e. The van der Waals surface area contributed by atoms with E-state index in [1.54, 1.807) is 6.07 Å². The van der Waals surface area contributed by atoms with E-state index in [9.17, 15) is 13.7 Å². The van der Waals surface area contributed by atoms with E-state index in [4.69, 9.17) is 10.5 Å². The number of carbonyl (C=O) groups excluding carboxylic acids is 1. The molecule has 3 N–H and O–H groups in total. The van der Waals surface area contributed by atoms with Crippen molar-refractivity contribution >= 4 is 23.1 Å². The lowest BCUT2D eigenvalue weighted by molar-refractivity contribution is 0.129. The van der Waals surface area contributed by atoms with E-state index in [0.29, 0.717) is 6.61 Å². The number of rotatable bonds is 6. The molecule has 1 aromatic carbocycles. The third-order valence-corrected chi connectivity index (χ3v) is 6.39. The fourth-order valence-electron chi connectivity index (χ4n) is 3.10. The molecular formula is C19H30FN3O3S. The molecule has 2 rings (SSSR count). The molecule has 0 radical (unpaired) electrons. The molecule has 0 bridgehead atoms. The van der Waals surface area contributed by atoms with Crippen LogP contribution in [0.2, 0.25) is 0 Å². The fourth-order valence-corrected chi connectivity index (χ4v) is 3.90. The van der Waals surface area contributed by atoms with Gasteiger partial charge >= 0.3 is 6.09 Å². The monoisotopic (exact) mass is 399 g/mol. The van der Waals surface area contributed by atoms with Gasteiger partial charge in [0.15, 0.2) is 0 Å². The van der Waals surface area contributed by atoms with Gasteiger partial charge in [-0.15, -0.1) is 4.72 Å². The highest BCUT2D eigenvalue weighted by molar-refractivity contribution is 7.90. The first kappa shape index (κ1) is 21.8. The molecule has 1 amide bonds. The summed E-state index contributed by atoms with van der Waals surface area (Å²) in [6.45, 7) is 9.48. The summed E-state index contributed by atoms with van der Waals surface area (Å²) in [7, 11) is 0. The summed E-state index contributed by atoms with van der Waals surface area (Å²) in [4.78, 5) is 13.0. The summed E-state index contributed by atoms with van der Waals surface area (Å²) < 4.78 is 33.9. The number of anilines is 1. The molecule has 0 aliphatic carbocycles. The summed E-state index contributed by atoms with van der Waals surface area (Å²) in [5.74, 6) is -0.0322. The minimum absolute atomic E-state index is 0.258. The van der Waals surface area contributed by atoms with Crippen LogP contribution in [0.25, 0.3) is 0 Å². The number of ether oxygens (including phenoxy) is 1. The summed E-state index contributed by atoms with van der Waals surface area (Å²) >= 11 is -1.25. The number of nitrogens with zero attached hydrogens (tertiary/aromatic N) is 1. The number of piperidine rings is 1. The van der Waals surface area contributed by atoms with Crippen molar-refractivity contribution < 1.29 is 18.5 Å². The average molecular weight is 400 g/mol. The first-order valence-electron chi connectivity index (χ1n) is 9.22. The van der Waals surface area contributed by atoms with Crippen LogP contribution >= 0.6 is 0 Å². The second-order valence-corrected chi connectivity index (χ2v) is 9.98. The normalized spacial score (nSPS) is 18.2. The van der Waals surface area contributed by atoms with Gasteiger partial charge in [-0.3, -0.25) is 0 Å². The topological polar surface area (TPSA) is 90.7 Å². The van der Waals surface area contributed by atoms with E-state index in [-0.39, 0.29) is 17.8 Å². The predicted octanol–water partition coefficient (Wildman–Crippen LogP) is 3.25. The van der Waals surface area contributed by atoms with Gasteiger partial charge in [0.2, 0.25) is 0 Å². The zero-order chi connectivity index (χ0) is 20.2. The maximum atomic E-state index is 13.9. The lowest BCUT2D eigenvalue weighted by Gasteiger charge is -2.35. The van der Waals surface area contributed by atoms with Gasteiger partial charge in [-0.05, 0) is 70.2 Å². The molecule has 2 atom stereocenters. The van der Waals surface area contributed by atoms with Crippen molar-refractivity contribution in [2.24, 2.45) is 11.7 Å². The van der Waals surface area contributed by atoms with Crippen LogP contribution in [0.15, 0.2) is 18.2 Å². The molecular weight excluding hydrogens is 369 g/mol. The molecule has 1 fully saturated rings. The Morgan fingerprint density at radius 1 is 1.44 bits per heavy atom. The third-order valence-electron chi connectivity index (χ3n) is 4.71. The molecule has 1 heterocycles. The first-order chi connectivity index (χ1) is 12.6. The Bertz CT molecular complexity index is 646. The molecule has 0 aromatic heterocycles. The van der Waals surface area contributed by atoms with E-state index in [1.807, 2.05) is 27.7 Å². The summed E-state index contributed by atoms with van der Waals surface area (Å²) in [5, 5.41) is 0. The quantitative estimate of drug-likeness (QED) is 0.717. The number of hydrogen-bond acceptors (Lipinski definition) is 5. The number of hydrogen-bond donors (Lipinski definition) is 2. The van der Waals surface area contributed by atoms with Gasteiger partial charge in [0.05, 0.1) is 12.6 Å². The molecule has 8 heteroatoms. The largest absolute Gasteiger partial charge is 0.598 e. The van der Waals surface area contributed by atoms with Gasteiger partial charge in [0.1, 0.15) is 10.6 Å². The minimum Gasteiger partial charge on any atom is -0.598 e. The van der Waals surface area contributed by atoms with Crippen LogP contribution in [0.1, 0.15) is 52.1 Å². The van der Waals surface area contributed by atoms with Crippen LogP contribution < -0.4 is 15.4 Å². The van der Waals surface area contributed by atoms with Crippen molar-refractivity contribution in [2.75, 3.05) is 24.6 Å². The van der Waals surface area contributed by atoms with Crippen LogP contribution in [-0.4, -0.2) is 35.1 Å². The van der Waals surface area contributed by atoms with E-state index in [1.165, 1.54) is 12.1 Å². The molecule has 1 aromatic rings. The van der Waals surface area contributed by atoms with Crippen LogP contribution in [0.5, 0.6) is 0 Å². The zero-order valence-corrected chi connectivity index (χ0v) is 17.3. The molecule has 152 valence electrons. The number of nitrogens with two attached hydrogens (primary N) is 1. The SMILES string of the molecule is C[C@@H](N[S+]([O-])C(C)(C)C)c1cc(F)ccc1N1CCC(COC(N)=O)CC1. The molecule has 6 nitrogen and oxygen atoms in total. The summed E-state index contributed by atoms with van der Waals surface area (Å²) in [6.07, 6.45) is 0.977. The number of carbonyl (C=O) groups is 1. The maximum absolute atomic E-state index is 13.9. The summed E-state index contributed by atoms with van der Waals surface area (Å²) in [6, 6.07) is 4.49. The van der Waals surface area contributed by atoms with Crippen LogP contribution in [0.4, 0.5) is 14.9 Å². The number of benzene rings is 1. The van der Waals surface area contributed by atoms with Gasteiger partial charge in [-0.2, -0.15) is 0 Å². The lowest BCUT2D eigenvalue weighted by Crippen LogP contribution is -2.41. The van der Waals surface area contributed by atoms with E-state index >= 15 is 0 Å². The van der Waals surface area contributed by atoms with Crippen LogP contribution in [-0.2, 0) is 16.1 Å². The Kier molecular flexibility index (Phi) is 7.36. The van der Waals surface area contributed by atoms with Crippen molar-refractivity contribution in [3.63, 3.8) is 0 Å². The van der Waals surface area contributed by atoms with Gasteiger partial charge in [0, 0.05) is 30.1 Å². The van der Waals surface area contributed by atoms with Crippen LogP contribution in [0, 0.1) is 11.7 Å². The van der Waals surface area contributed by atoms with Crippen molar-refractivity contribution in [2.45, 2.75) is 51.3 Å². The average Bonchev–Trinajstić information content (AvgIpc) is 2.59. The molecule has 1 saturated heterocycles. The van der Waals surface area contributed by atoms with E-state index < -0.39 is 22.2 Å². The second kappa shape index (κ2) is 9.12. The van der Waals surface area contributed by atoms with E-state index in [2.05, 4.69) is 9.62 Å². The highest BCUT2D eigenvalue weighted by atomic mass is 32.2. The lowest BCUT2D eigenvalue weighted by atomic mass is 9.96. The molecule has 1 aliphatic heterocycles. The van der Waals surface area contributed by atoms with Crippen molar-refractivity contribution in [1.82, 2.24) is 4.72 Å². The van der Waals surface area contributed by atoms with E-state index in [0.717, 1.165) is 37.2 Å². The number of amides is 1. The molecule has 0 spiro atoms. The smallest absolute Gasteiger partial charge is 0.404 e. The Hall–Kier alpha value is -1.51. The van der Waals surface area contributed by atoms with Crippen molar-refractivity contribution in [3.05, 3.63) is 29.6 Å². The highest BCUT2D eigenvalue weighted by Crippen LogP contribution is 2.32. The molecule has 27 heavy (non-hydrogen) atoms. The molecule has 1 aliphatic rings. The van der Waals surface area contributed by atoms with Crippen molar-refractivity contribution in [3.8, 4) is 0 Å². The van der Waals surface area contributed by atoms with Gasteiger partial charge in [0.25, 0.3) is 0 Å². The third kappa shape index (κ3) is 6.26. The summed E-state index contributed by atoms with van der Waals surface area (Å²) in [5.41, 5.74) is 6.76. The Balaban J connectivity index is 2.09. The zero-order valence-electron chi connectivity index (χ0n) is 16.5. The predicted molar refractivity (Wildman–Crippen MR) is 106 cm³/mol. The number of primary amides is 1. The second-order valence-electron chi connectivity index (χ2n) is 7.98. The van der Waals surface area contributed by atoms with Gasteiger partial charge in [-0.25, -0.2) is 9.18 Å². The highest BCUT2D eigenvalue weighted by Gasteiger charge is 2.30. The van der Waals surface area contributed by atoms with Gasteiger partial charge in [-0.1, -0.05) is 0 Å². The minimum atomic E-state index is -1.25. The fraction of sp³-hybridized carbons (Fsp3) is 0.632. The number of nitrogens with one attached hydrogen (secondary N) is 1. The Labute approximate surface area is 163 Å². The Morgan fingerprint density at radius 3 is 2.63 bits per heavy atom. The Morgan fingerprint density at radius 2 is 2.07 bits per heavy atom. The van der Waals surface area contributed by atoms with Crippen LogP contribution in [0.3, 0.4) is 0 Å². The first-order valence-corrected chi connectivity index (χ1v) is 10.4. The van der Waals surface area contributed by atoms with Gasteiger partial charge < -0.3 is 19.9 Å². The standard InChI is InChI=1S/C19H30FN3O3S/c1-13(22-27(25)19(2,3)4)16-11-15(20)5-6-17(16)23-9-7-14(8-10-23)12-26-18(21)24/h5-6,11,13-14,22H,7-10,12H2,1-4H3,(H2,21,24)/t13-,27?/m1/s1. The van der Waals surface area contributed by atoms with Crippen molar-refractivity contribution in [1.29, 1.82) is 0 Å². The molecule has 0 saturated carbocycles. The molecule has 1 unspecified atom stereocenters. The number of halogens is 1.